The first kappa shape index (κ1) is 16.0. The van der Waals surface area contributed by atoms with Crippen LogP contribution in [-0.4, -0.2) is 33.6 Å². The highest BCUT2D eigenvalue weighted by molar-refractivity contribution is 6.30. The molecule has 2 aromatic rings. The molecule has 8 heteroatoms. The number of rotatable bonds is 6. The molecule has 2 amide bonds. The van der Waals surface area contributed by atoms with E-state index in [1.54, 1.807) is 19.2 Å². The van der Waals surface area contributed by atoms with Crippen molar-refractivity contribution in [1.82, 2.24) is 20.1 Å². The van der Waals surface area contributed by atoms with E-state index in [1.807, 2.05) is 12.1 Å². The van der Waals surface area contributed by atoms with E-state index in [0.717, 1.165) is 5.56 Å². The van der Waals surface area contributed by atoms with Crippen LogP contribution in [0.4, 0.5) is 5.95 Å². The number of nitrogens with one attached hydrogen (secondary N) is 2. The predicted molar refractivity (Wildman–Crippen MR) is 82.5 cm³/mol. The number of aromatic nitrogens is 3. The normalized spacial score (nSPS) is 10.3. The third-order valence-electron chi connectivity index (χ3n) is 2.93. The Hall–Kier alpha value is -2.41. The zero-order chi connectivity index (χ0) is 15.9. The third-order valence-corrected chi connectivity index (χ3v) is 3.18. The molecule has 0 bridgehead atoms. The van der Waals surface area contributed by atoms with E-state index >= 15 is 0 Å². The van der Waals surface area contributed by atoms with Crippen molar-refractivity contribution in [3.05, 3.63) is 41.2 Å². The van der Waals surface area contributed by atoms with Crippen LogP contribution >= 0.6 is 11.6 Å². The van der Waals surface area contributed by atoms with Crippen molar-refractivity contribution in [2.45, 2.75) is 19.4 Å². The average Bonchev–Trinajstić information content (AvgIpc) is 2.93. The minimum absolute atomic E-state index is 0.0597. The minimum Gasteiger partial charge on any atom is -0.358 e. The predicted octanol–water partition coefficient (Wildman–Crippen LogP) is 1.25. The van der Waals surface area contributed by atoms with Crippen LogP contribution in [0, 0.1) is 0 Å². The number of halogens is 1. The molecule has 0 fully saturated rings. The standard InChI is InChI=1S/C14H16ClN5O2/c1-16-13(22)8-20-9-17-14(19-20)18-12(21)7-4-10-2-5-11(15)6-3-10/h2-3,5-6,9H,4,7-8H2,1H3,(H,16,22)(H,18,19,21). The van der Waals surface area contributed by atoms with E-state index in [1.165, 1.54) is 11.0 Å². The van der Waals surface area contributed by atoms with Crippen molar-refractivity contribution in [1.29, 1.82) is 0 Å². The van der Waals surface area contributed by atoms with Crippen LogP contribution in [0.5, 0.6) is 0 Å². The van der Waals surface area contributed by atoms with Gasteiger partial charge in [-0.25, -0.2) is 9.67 Å². The highest BCUT2D eigenvalue weighted by Crippen LogP contribution is 2.11. The molecular weight excluding hydrogens is 306 g/mol. The summed E-state index contributed by atoms with van der Waals surface area (Å²) in [5.41, 5.74) is 1.03. The molecule has 2 rings (SSSR count). The van der Waals surface area contributed by atoms with Gasteiger partial charge in [-0.05, 0) is 24.1 Å². The van der Waals surface area contributed by atoms with Gasteiger partial charge in [0.2, 0.25) is 17.8 Å². The SMILES string of the molecule is CNC(=O)Cn1cnc(NC(=O)CCc2ccc(Cl)cc2)n1. The number of hydrogen-bond donors (Lipinski definition) is 2. The summed E-state index contributed by atoms with van der Waals surface area (Å²) in [6.45, 7) is 0.0597. The zero-order valence-corrected chi connectivity index (χ0v) is 12.8. The van der Waals surface area contributed by atoms with Crippen molar-refractivity contribution in [2.24, 2.45) is 0 Å². The number of benzene rings is 1. The molecule has 0 spiro atoms. The third kappa shape index (κ3) is 4.85. The van der Waals surface area contributed by atoms with Gasteiger partial charge in [0.1, 0.15) is 12.9 Å². The van der Waals surface area contributed by atoms with Crippen molar-refractivity contribution in [2.75, 3.05) is 12.4 Å². The Morgan fingerprint density at radius 3 is 2.64 bits per heavy atom. The Kier molecular flexibility index (Phi) is 5.48. The molecule has 0 saturated heterocycles. The molecule has 0 radical (unpaired) electrons. The molecule has 22 heavy (non-hydrogen) atoms. The maximum absolute atomic E-state index is 11.8. The molecular formula is C14H16ClN5O2. The van der Waals surface area contributed by atoms with Gasteiger partial charge in [0.15, 0.2) is 0 Å². The summed E-state index contributed by atoms with van der Waals surface area (Å²) in [6.07, 6.45) is 2.30. The lowest BCUT2D eigenvalue weighted by atomic mass is 10.1. The van der Waals surface area contributed by atoms with Gasteiger partial charge in [0.25, 0.3) is 0 Å². The summed E-state index contributed by atoms with van der Waals surface area (Å²) in [5.74, 6) is -0.192. The van der Waals surface area contributed by atoms with Crippen LogP contribution < -0.4 is 10.6 Å². The van der Waals surface area contributed by atoms with E-state index in [-0.39, 0.29) is 24.3 Å². The van der Waals surface area contributed by atoms with Gasteiger partial charge in [-0.3, -0.25) is 14.9 Å². The molecule has 2 N–H and O–H groups in total. The zero-order valence-electron chi connectivity index (χ0n) is 12.0. The first-order chi connectivity index (χ1) is 10.6. The lowest BCUT2D eigenvalue weighted by molar-refractivity contribution is -0.121. The highest BCUT2D eigenvalue weighted by Gasteiger charge is 2.08. The molecule has 0 unspecified atom stereocenters. The van der Waals surface area contributed by atoms with Gasteiger partial charge in [0.05, 0.1) is 0 Å². The summed E-state index contributed by atoms with van der Waals surface area (Å²) in [4.78, 5) is 27.0. The quantitative estimate of drug-likeness (QED) is 0.838. The van der Waals surface area contributed by atoms with Gasteiger partial charge in [-0.15, -0.1) is 5.10 Å². The molecule has 1 aromatic carbocycles. The first-order valence-corrected chi connectivity index (χ1v) is 7.09. The van der Waals surface area contributed by atoms with Crippen LogP contribution in [0.3, 0.4) is 0 Å². The Bertz CT molecular complexity index is 654. The number of carbonyl (C=O) groups is 2. The molecule has 1 heterocycles. The van der Waals surface area contributed by atoms with Gasteiger partial charge in [-0.1, -0.05) is 23.7 Å². The molecule has 0 saturated carbocycles. The molecule has 7 nitrogen and oxygen atoms in total. The summed E-state index contributed by atoms with van der Waals surface area (Å²) >= 11 is 5.80. The summed E-state index contributed by atoms with van der Waals surface area (Å²) < 4.78 is 1.35. The van der Waals surface area contributed by atoms with Crippen LogP contribution in [-0.2, 0) is 22.6 Å². The molecule has 0 aliphatic heterocycles. The van der Waals surface area contributed by atoms with E-state index in [0.29, 0.717) is 17.9 Å². The fourth-order valence-electron chi connectivity index (χ4n) is 1.75. The lowest BCUT2D eigenvalue weighted by Crippen LogP contribution is -2.23. The van der Waals surface area contributed by atoms with E-state index in [9.17, 15) is 9.59 Å². The molecule has 0 aliphatic rings. The molecule has 0 atom stereocenters. The number of hydrogen-bond acceptors (Lipinski definition) is 4. The number of anilines is 1. The summed E-state index contributed by atoms with van der Waals surface area (Å²) in [7, 11) is 1.54. The van der Waals surface area contributed by atoms with E-state index in [2.05, 4.69) is 20.7 Å². The van der Waals surface area contributed by atoms with Gasteiger partial charge < -0.3 is 5.32 Å². The van der Waals surface area contributed by atoms with Crippen LogP contribution in [0.15, 0.2) is 30.6 Å². The van der Waals surface area contributed by atoms with Crippen molar-refractivity contribution >= 4 is 29.4 Å². The average molecular weight is 322 g/mol. The Morgan fingerprint density at radius 2 is 1.95 bits per heavy atom. The maximum Gasteiger partial charge on any atom is 0.248 e. The summed E-state index contributed by atoms with van der Waals surface area (Å²) in [6, 6.07) is 7.34. The topological polar surface area (TPSA) is 88.9 Å². The van der Waals surface area contributed by atoms with Gasteiger partial charge >= 0.3 is 0 Å². The van der Waals surface area contributed by atoms with Crippen molar-refractivity contribution in [3.8, 4) is 0 Å². The maximum atomic E-state index is 11.8. The fraction of sp³-hybridized carbons (Fsp3) is 0.286. The van der Waals surface area contributed by atoms with E-state index < -0.39 is 0 Å². The summed E-state index contributed by atoms with van der Waals surface area (Å²) in [5, 5.41) is 9.74. The van der Waals surface area contributed by atoms with Crippen LogP contribution in [0.1, 0.15) is 12.0 Å². The second-order valence-electron chi connectivity index (χ2n) is 4.61. The van der Waals surface area contributed by atoms with Gasteiger partial charge in [-0.2, -0.15) is 0 Å². The van der Waals surface area contributed by atoms with Crippen LogP contribution in [0.25, 0.3) is 0 Å². The number of aryl methyl sites for hydroxylation is 1. The Morgan fingerprint density at radius 1 is 1.23 bits per heavy atom. The molecule has 0 aliphatic carbocycles. The molecule has 1 aromatic heterocycles. The van der Waals surface area contributed by atoms with Gasteiger partial charge in [0, 0.05) is 18.5 Å². The number of likely N-dealkylation sites (N-methyl/N-ethyl adjacent to an activating group) is 1. The number of carbonyl (C=O) groups excluding carboxylic acids is 2. The second-order valence-corrected chi connectivity index (χ2v) is 5.05. The molecule has 116 valence electrons. The number of amides is 2. The first-order valence-electron chi connectivity index (χ1n) is 6.71. The fourth-order valence-corrected chi connectivity index (χ4v) is 1.88. The Labute approximate surface area is 132 Å². The number of nitrogens with zero attached hydrogens (tertiary/aromatic N) is 3. The second kappa shape index (κ2) is 7.56. The van der Waals surface area contributed by atoms with Crippen molar-refractivity contribution < 1.29 is 9.59 Å². The Balaban J connectivity index is 1.81. The minimum atomic E-state index is -0.189. The smallest absolute Gasteiger partial charge is 0.248 e. The van der Waals surface area contributed by atoms with Crippen molar-refractivity contribution in [3.63, 3.8) is 0 Å². The monoisotopic (exact) mass is 321 g/mol. The lowest BCUT2D eigenvalue weighted by Gasteiger charge is -2.02. The highest BCUT2D eigenvalue weighted by atomic mass is 35.5. The van der Waals surface area contributed by atoms with Crippen LogP contribution in [0.2, 0.25) is 5.02 Å². The largest absolute Gasteiger partial charge is 0.358 e. The van der Waals surface area contributed by atoms with E-state index in [4.69, 9.17) is 11.6 Å².